The second kappa shape index (κ2) is 7.57. The number of carbonyl (C=O) groups excluding carboxylic acids is 2. The Kier molecular flexibility index (Phi) is 5.21. The number of para-hydroxylation sites is 1. The van der Waals surface area contributed by atoms with E-state index in [1.807, 2.05) is 44.2 Å². The van der Waals surface area contributed by atoms with Crippen LogP contribution in [0.3, 0.4) is 0 Å². The summed E-state index contributed by atoms with van der Waals surface area (Å²) >= 11 is 0. The van der Waals surface area contributed by atoms with Gasteiger partial charge in [-0.2, -0.15) is 5.10 Å². The zero-order valence-electron chi connectivity index (χ0n) is 15.2. The van der Waals surface area contributed by atoms with E-state index in [9.17, 15) is 14.0 Å². The third kappa shape index (κ3) is 3.81. The van der Waals surface area contributed by atoms with Gasteiger partial charge in [-0.3, -0.25) is 14.6 Å². The van der Waals surface area contributed by atoms with Gasteiger partial charge in [0.25, 0.3) is 5.91 Å². The molecule has 1 aliphatic rings. The zero-order valence-corrected chi connectivity index (χ0v) is 15.2. The predicted molar refractivity (Wildman–Crippen MR) is 103 cm³/mol. The molecule has 3 rings (SSSR count). The minimum Gasteiger partial charge on any atom is -0.368 e. The normalized spacial score (nSPS) is 16.4. The maximum atomic E-state index is 13.2. The van der Waals surface area contributed by atoms with E-state index in [0.717, 1.165) is 5.69 Å². The number of hydrazone groups is 1. The lowest BCUT2D eigenvalue weighted by atomic mass is 10.1. The molecule has 0 saturated carbocycles. The molecule has 140 valence electrons. The minimum atomic E-state index is -0.792. The molecule has 7 heteroatoms. The van der Waals surface area contributed by atoms with Crippen molar-refractivity contribution in [3.8, 4) is 0 Å². The number of benzene rings is 2. The first-order valence-electron chi connectivity index (χ1n) is 8.68. The maximum Gasteiger partial charge on any atom is 0.274 e. The van der Waals surface area contributed by atoms with Crippen LogP contribution in [-0.4, -0.2) is 29.6 Å². The van der Waals surface area contributed by atoms with E-state index in [-0.39, 0.29) is 24.1 Å². The molecule has 2 aromatic rings. The molecule has 1 unspecified atom stereocenters. The quantitative estimate of drug-likeness (QED) is 0.881. The van der Waals surface area contributed by atoms with Crippen LogP contribution in [0.5, 0.6) is 0 Å². The van der Waals surface area contributed by atoms with E-state index >= 15 is 0 Å². The van der Waals surface area contributed by atoms with Crippen LogP contribution in [0.15, 0.2) is 59.7 Å². The smallest absolute Gasteiger partial charge is 0.274 e. The highest BCUT2D eigenvalue weighted by molar-refractivity contribution is 6.45. The average Bonchev–Trinajstić information content (AvgIpc) is 3.09. The summed E-state index contributed by atoms with van der Waals surface area (Å²) in [5.41, 5.74) is 6.99. The summed E-state index contributed by atoms with van der Waals surface area (Å²) in [7, 11) is 0. The number of anilines is 2. The number of primary amides is 1. The van der Waals surface area contributed by atoms with Crippen molar-refractivity contribution in [2.75, 3.05) is 9.91 Å². The van der Waals surface area contributed by atoms with Crippen LogP contribution < -0.4 is 15.6 Å². The Bertz CT molecular complexity index is 865. The molecule has 0 bridgehead atoms. The van der Waals surface area contributed by atoms with Crippen LogP contribution in [0.4, 0.5) is 15.8 Å². The lowest BCUT2D eigenvalue weighted by Crippen LogP contribution is -2.42. The first kappa shape index (κ1) is 18.6. The molecular weight excluding hydrogens is 347 g/mol. The van der Waals surface area contributed by atoms with Crippen molar-refractivity contribution in [1.82, 2.24) is 0 Å². The SMILES string of the molecule is CC(C)N(C(=O)C1=NN(c2ccc(F)cc2)C(C(N)=O)C1)c1ccccc1. The molecule has 0 fully saturated rings. The van der Waals surface area contributed by atoms with Crippen molar-refractivity contribution in [1.29, 1.82) is 0 Å². The second-order valence-electron chi connectivity index (χ2n) is 6.59. The van der Waals surface area contributed by atoms with Crippen molar-refractivity contribution < 1.29 is 14.0 Å². The Morgan fingerprint density at radius 3 is 2.33 bits per heavy atom. The van der Waals surface area contributed by atoms with Crippen molar-refractivity contribution in [3.05, 3.63) is 60.4 Å². The lowest BCUT2D eigenvalue weighted by molar-refractivity contribution is -0.119. The molecule has 1 heterocycles. The van der Waals surface area contributed by atoms with Crippen molar-refractivity contribution >= 4 is 28.9 Å². The number of rotatable bonds is 5. The molecule has 27 heavy (non-hydrogen) atoms. The van der Waals surface area contributed by atoms with Crippen molar-refractivity contribution in [2.24, 2.45) is 10.8 Å². The highest BCUT2D eigenvalue weighted by atomic mass is 19.1. The fourth-order valence-electron chi connectivity index (χ4n) is 3.07. The first-order valence-corrected chi connectivity index (χ1v) is 8.68. The Balaban J connectivity index is 1.95. The van der Waals surface area contributed by atoms with Gasteiger partial charge in [0.05, 0.1) is 5.69 Å². The van der Waals surface area contributed by atoms with Gasteiger partial charge in [0, 0.05) is 18.2 Å². The molecule has 0 aliphatic carbocycles. The van der Waals surface area contributed by atoms with Gasteiger partial charge in [0.2, 0.25) is 5.91 Å². The van der Waals surface area contributed by atoms with Crippen LogP contribution in [0.25, 0.3) is 0 Å². The van der Waals surface area contributed by atoms with Crippen LogP contribution in [-0.2, 0) is 9.59 Å². The maximum absolute atomic E-state index is 13.2. The molecule has 2 amide bonds. The lowest BCUT2D eigenvalue weighted by Gasteiger charge is -2.26. The van der Waals surface area contributed by atoms with Gasteiger partial charge >= 0.3 is 0 Å². The van der Waals surface area contributed by atoms with E-state index in [4.69, 9.17) is 5.73 Å². The fraction of sp³-hybridized carbons (Fsp3) is 0.250. The van der Waals surface area contributed by atoms with E-state index in [1.165, 1.54) is 29.3 Å². The van der Waals surface area contributed by atoms with Gasteiger partial charge in [-0.1, -0.05) is 18.2 Å². The molecule has 0 aromatic heterocycles. The van der Waals surface area contributed by atoms with Gasteiger partial charge in [0.1, 0.15) is 17.6 Å². The molecule has 2 aromatic carbocycles. The number of nitrogens with zero attached hydrogens (tertiary/aromatic N) is 3. The number of hydrogen-bond acceptors (Lipinski definition) is 4. The largest absolute Gasteiger partial charge is 0.368 e. The Morgan fingerprint density at radius 1 is 1.15 bits per heavy atom. The number of carbonyl (C=O) groups is 2. The Hall–Kier alpha value is -3.22. The van der Waals surface area contributed by atoms with Crippen molar-refractivity contribution in [3.63, 3.8) is 0 Å². The Labute approximate surface area is 157 Å². The summed E-state index contributed by atoms with van der Waals surface area (Å²) in [6.07, 6.45) is 0.0988. The van der Waals surface area contributed by atoms with E-state index in [2.05, 4.69) is 5.10 Å². The molecular formula is C20H21FN4O2. The van der Waals surface area contributed by atoms with Gasteiger partial charge in [-0.15, -0.1) is 0 Å². The third-order valence-electron chi connectivity index (χ3n) is 4.35. The van der Waals surface area contributed by atoms with Gasteiger partial charge in [-0.25, -0.2) is 4.39 Å². The number of amides is 2. The summed E-state index contributed by atoms with van der Waals surface area (Å²) in [6.45, 7) is 3.81. The third-order valence-corrected chi connectivity index (χ3v) is 4.35. The molecule has 2 N–H and O–H groups in total. The monoisotopic (exact) mass is 368 g/mol. The molecule has 0 radical (unpaired) electrons. The Morgan fingerprint density at radius 2 is 1.78 bits per heavy atom. The molecule has 0 spiro atoms. The number of hydrogen-bond donors (Lipinski definition) is 1. The molecule has 6 nitrogen and oxygen atoms in total. The minimum absolute atomic E-state index is 0.0988. The van der Waals surface area contributed by atoms with Crippen LogP contribution in [0.2, 0.25) is 0 Å². The van der Waals surface area contributed by atoms with Gasteiger partial charge in [0.15, 0.2) is 0 Å². The summed E-state index contributed by atoms with van der Waals surface area (Å²) < 4.78 is 13.2. The molecule has 1 aliphatic heterocycles. The summed E-state index contributed by atoms with van der Waals surface area (Å²) in [6, 6.07) is 13.9. The highest BCUT2D eigenvalue weighted by Crippen LogP contribution is 2.27. The van der Waals surface area contributed by atoms with E-state index in [0.29, 0.717) is 5.69 Å². The van der Waals surface area contributed by atoms with Crippen molar-refractivity contribution in [2.45, 2.75) is 32.4 Å². The van der Waals surface area contributed by atoms with Crippen LogP contribution in [0.1, 0.15) is 20.3 Å². The second-order valence-corrected chi connectivity index (χ2v) is 6.59. The van der Waals surface area contributed by atoms with Gasteiger partial charge in [-0.05, 0) is 50.2 Å². The van der Waals surface area contributed by atoms with Crippen LogP contribution >= 0.6 is 0 Å². The predicted octanol–water partition coefficient (Wildman–Crippen LogP) is 2.69. The summed E-state index contributed by atoms with van der Waals surface area (Å²) in [5.74, 6) is -1.28. The van der Waals surface area contributed by atoms with Crippen LogP contribution in [0, 0.1) is 5.82 Å². The summed E-state index contributed by atoms with van der Waals surface area (Å²) in [4.78, 5) is 26.7. The first-order chi connectivity index (χ1) is 12.9. The molecule has 1 atom stereocenters. The number of nitrogens with two attached hydrogens (primary N) is 1. The van der Waals surface area contributed by atoms with E-state index < -0.39 is 17.8 Å². The fourth-order valence-corrected chi connectivity index (χ4v) is 3.07. The zero-order chi connectivity index (χ0) is 19.6. The molecule has 0 saturated heterocycles. The number of halogens is 1. The average molecular weight is 368 g/mol. The summed E-state index contributed by atoms with van der Waals surface area (Å²) in [5, 5.41) is 5.74. The van der Waals surface area contributed by atoms with Gasteiger partial charge < -0.3 is 10.6 Å². The topological polar surface area (TPSA) is 79.0 Å². The standard InChI is InChI=1S/C20H21FN4O2/c1-13(2)24(15-6-4-3-5-7-15)20(27)17-12-18(19(22)26)25(23-17)16-10-8-14(21)9-11-16/h3-11,13,18H,12H2,1-2H3,(H2,22,26). The highest BCUT2D eigenvalue weighted by Gasteiger charge is 2.37. The van der Waals surface area contributed by atoms with E-state index in [1.54, 1.807) is 4.90 Å².